The molecule has 28 heavy (non-hydrogen) atoms. The predicted octanol–water partition coefficient (Wildman–Crippen LogP) is 5.61. The molecule has 0 spiro atoms. The molecule has 0 aliphatic rings. The van der Waals surface area contributed by atoms with Crippen molar-refractivity contribution in [3.63, 3.8) is 0 Å². The van der Waals surface area contributed by atoms with E-state index < -0.39 is 0 Å². The van der Waals surface area contributed by atoms with E-state index in [0.717, 1.165) is 25.0 Å². The van der Waals surface area contributed by atoms with E-state index in [2.05, 4.69) is 38.1 Å². The van der Waals surface area contributed by atoms with Gasteiger partial charge in [-0.1, -0.05) is 44.2 Å². The van der Waals surface area contributed by atoms with Crippen LogP contribution in [-0.2, 0) is 45.7 Å². The van der Waals surface area contributed by atoms with E-state index in [4.69, 9.17) is 10.5 Å². The molecule has 0 atom stereocenters. The fourth-order valence-electron chi connectivity index (χ4n) is 2.65. The summed E-state index contributed by atoms with van der Waals surface area (Å²) in [7, 11) is 0. The Hall–Kier alpha value is -1.48. The minimum absolute atomic E-state index is 0. The fraction of sp³-hybridized carbons (Fsp3) is 0.280. The second kappa shape index (κ2) is 13.7. The molecule has 2 nitrogen and oxygen atoms in total. The van der Waals surface area contributed by atoms with Gasteiger partial charge in [0, 0.05) is 44.0 Å². The summed E-state index contributed by atoms with van der Waals surface area (Å²) in [4.78, 5) is 0. The van der Waals surface area contributed by atoms with Gasteiger partial charge in [-0.2, -0.15) is 54.1 Å². The molecule has 3 aromatic rings. The van der Waals surface area contributed by atoms with Crippen LogP contribution < -0.4 is 10.5 Å². The molecule has 3 aromatic carbocycles. The van der Waals surface area contributed by atoms with E-state index in [9.17, 15) is 0 Å². The second-order valence-electron chi connectivity index (χ2n) is 6.67. The maximum atomic E-state index is 6.22. The van der Waals surface area contributed by atoms with Gasteiger partial charge in [-0.15, -0.1) is 12.1 Å². The third-order valence-corrected chi connectivity index (χ3v) is 4.68. The Kier molecular flexibility index (Phi) is 12.0. The zero-order valence-electron chi connectivity index (χ0n) is 16.9. The molecule has 0 fully saturated rings. The van der Waals surface area contributed by atoms with Crippen molar-refractivity contribution in [3.8, 4) is 5.75 Å². The Morgan fingerprint density at radius 3 is 2.07 bits per heavy atom. The quantitative estimate of drug-likeness (QED) is 0.477. The smallest absolute Gasteiger partial charge is 0.0968 e. The monoisotopic (exact) mass is 448 g/mol. The van der Waals surface area contributed by atoms with Crippen molar-refractivity contribution >= 4 is 0 Å². The van der Waals surface area contributed by atoms with E-state index in [1.165, 1.54) is 11.1 Å². The normalized spacial score (nSPS) is 10.2. The molecule has 0 heterocycles. The maximum Gasteiger partial charge on any atom is 0.0968 e. The summed E-state index contributed by atoms with van der Waals surface area (Å²) < 4.78 is 5.56. The Morgan fingerprint density at radius 2 is 1.50 bits per heavy atom. The number of hydrogen-bond donors (Lipinski definition) is 1. The van der Waals surface area contributed by atoms with Gasteiger partial charge in [0.2, 0.25) is 0 Å². The first-order chi connectivity index (χ1) is 13.1. The minimum Gasteiger partial charge on any atom is -0.547 e. The molecule has 2 N–H and O–H groups in total. The molecule has 0 aromatic heterocycles. The summed E-state index contributed by atoms with van der Waals surface area (Å²) in [6.45, 7) is 4.91. The molecule has 0 aliphatic heterocycles. The summed E-state index contributed by atoms with van der Waals surface area (Å²) in [6.07, 6.45) is 3.03. The van der Waals surface area contributed by atoms with Crippen LogP contribution in [-0.4, -0.2) is 5.54 Å². The van der Waals surface area contributed by atoms with Crippen LogP contribution in [0.2, 0.25) is 0 Å². The van der Waals surface area contributed by atoms with Crippen LogP contribution in [0.4, 0.5) is 0 Å². The van der Waals surface area contributed by atoms with Crippen molar-refractivity contribution in [1.82, 2.24) is 0 Å². The van der Waals surface area contributed by atoms with Crippen molar-refractivity contribution in [2.45, 2.75) is 45.3 Å². The molecular weight excluding hydrogens is 419 g/mol. The average molecular weight is 448 g/mol. The minimum atomic E-state index is -0.0264. The first-order valence-corrected chi connectivity index (χ1v) is 9.52. The van der Waals surface area contributed by atoms with Gasteiger partial charge in [-0.25, -0.2) is 0 Å². The van der Waals surface area contributed by atoms with E-state index in [-0.39, 0.29) is 38.2 Å². The molecule has 1 radical (unpaired) electrons. The van der Waals surface area contributed by atoms with Gasteiger partial charge in [0.05, 0.1) is 6.61 Å². The number of benzene rings is 3. The largest absolute Gasteiger partial charge is 0.547 e. The molecule has 0 saturated carbocycles. The van der Waals surface area contributed by atoms with Gasteiger partial charge >= 0.3 is 0 Å². The van der Waals surface area contributed by atoms with Crippen LogP contribution in [0.25, 0.3) is 0 Å². The van der Waals surface area contributed by atoms with Crippen LogP contribution in [0.5, 0.6) is 5.75 Å². The Labute approximate surface area is 195 Å². The number of rotatable bonds is 7. The summed E-state index contributed by atoms with van der Waals surface area (Å²) >= 11 is 0. The summed E-state index contributed by atoms with van der Waals surface area (Å²) in [5.41, 5.74) is 8.68. The van der Waals surface area contributed by atoms with Gasteiger partial charge in [-0.05, 0) is 24.8 Å². The van der Waals surface area contributed by atoms with E-state index in [0.29, 0.717) is 6.61 Å². The van der Waals surface area contributed by atoms with Crippen molar-refractivity contribution in [2.24, 2.45) is 5.73 Å². The fourth-order valence-corrected chi connectivity index (χ4v) is 2.65. The molecule has 0 amide bonds. The van der Waals surface area contributed by atoms with Crippen LogP contribution in [0.15, 0.2) is 78.9 Å². The molecule has 0 bridgehead atoms. The van der Waals surface area contributed by atoms with Gasteiger partial charge in [0.25, 0.3) is 0 Å². The van der Waals surface area contributed by atoms with Gasteiger partial charge in [-0.3, -0.25) is 0 Å². The maximum absolute atomic E-state index is 6.22. The zero-order valence-corrected chi connectivity index (χ0v) is 19.7. The van der Waals surface area contributed by atoms with Crippen molar-refractivity contribution < 1.29 is 37.4 Å². The molecule has 0 unspecified atom stereocenters. The molecule has 0 aliphatic carbocycles. The van der Waals surface area contributed by atoms with Gasteiger partial charge in [0.15, 0.2) is 0 Å². The van der Waals surface area contributed by atoms with Crippen LogP contribution >= 0.6 is 0 Å². The third kappa shape index (κ3) is 9.14. The summed E-state index contributed by atoms with van der Waals surface area (Å²) in [5, 5.41) is 0. The van der Waals surface area contributed by atoms with Crippen LogP contribution in [0.1, 0.15) is 37.8 Å². The molecule has 145 valence electrons. The Balaban J connectivity index is 0.000000271. The predicted molar refractivity (Wildman–Crippen MR) is 113 cm³/mol. The number of hydrogen-bond acceptors (Lipinski definition) is 2. The molecule has 3 heteroatoms. The van der Waals surface area contributed by atoms with Crippen LogP contribution in [0.3, 0.4) is 0 Å². The van der Waals surface area contributed by atoms with E-state index in [1.54, 1.807) is 0 Å². The molecular formula is C25H29NOY-2. The number of ether oxygens (including phenoxy) is 1. The third-order valence-electron chi connectivity index (χ3n) is 4.68. The SMILES string of the molecule is CCC(N)(CC)Cc1cc[c-]cc1.[Y].[c-]1cccc(OCc2ccccc2)c1. The van der Waals surface area contributed by atoms with Gasteiger partial charge < -0.3 is 10.5 Å². The Bertz CT molecular complexity index is 704. The second-order valence-corrected chi connectivity index (χ2v) is 6.67. The molecule has 0 saturated heterocycles. The first-order valence-electron chi connectivity index (χ1n) is 9.52. The van der Waals surface area contributed by atoms with E-state index >= 15 is 0 Å². The number of nitrogens with two attached hydrogens (primary N) is 1. The van der Waals surface area contributed by atoms with E-state index in [1.807, 2.05) is 66.7 Å². The summed E-state index contributed by atoms with van der Waals surface area (Å²) in [6, 6.07) is 31.7. The average Bonchev–Trinajstić information content (AvgIpc) is 2.75. The standard InChI is InChI=1S/C13H11O.C12H18N.Y/c1-3-7-12(8-4-1)11-14-13-9-5-2-6-10-13;1-3-12(13,4-2)10-11-8-6-5-7-9-11;/h1-5,7-10H,11H2;6-9H,3-4,10,13H2,1-2H3;/q2*-1;. The zero-order chi connectivity index (χ0) is 19.4. The Morgan fingerprint density at radius 1 is 0.821 bits per heavy atom. The first kappa shape index (κ1) is 24.6. The van der Waals surface area contributed by atoms with Crippen molar-refractivity contribution in [2.75, 3.05) is 0 Å². The van der Waals surface area contributed by atoms with Gasteiger partial charge in [0.1, 0.15) is 0 Å². The van der Waals surface area contributed by atoms with Crippen molar-refractivity contribution in [3.05, 3.63) is 102 Å². The van der Waals surface area contributed by atoms with Crippen molar-refractivity contribution in [1.29, 1.82) is 0 Å². The summed E-state index contributed by atoms with van der Waals surface area (Å²) in [5.74, 6) is 0.858. The van der Waals surface area contributed by atoms with Crippen LogP contribution in [0, 0.1) is 12.1 Å². The molecule has 3 rings (SSSR count). The topological polar surface area (TPSA) is 35.2 Å².